The minimum absolute atomic E-state index is 0.0227. The Hall–Kier alpha value is -3.78. The number of nitrogens with zero attached hydrogens (tertiary/aromatic N) is 2. The van der Waals surface area contributed by atoms with E-state index < -0.39 is 11.9 Å². The fraction of sp³-hybridized carbons (Fsp3) is 0.241. The quantitative estimate of drug-likeness (QED) is 0.338. The molecule has 0 spiro atoms. The number of alkyl halides is 3. The molecule has 0 radical (unpaired) electrons. The Morgan fingerprint density at radius 3 is 2.37 bits per heavy atom. The molecule has 0 aromatic heterocycles. The van der Waals surface area contributed by atoms with Crippen LogP contribution in [0.2, 0.25) is 5.02 Å². The maximum Gasteiger partial charge on any atom is 0.430 e. The summed E-state index contributed by atoms with van der Waals surface area (Å²) >= 11 is 6.17. The van der Waals surface area contributed by atoms with E-state index in [0.29, 0.717) is 23.4 Å². The lowest BCUT2D eigenvalue weighted by atomic mass is 10.0. The number of carbonyl (C=O) groups is 1. The first kappa shape index (κ1) is 27.3. The average Bonchev–Trinajstić information content (AvgIpc) is 3.37. The number of likely N-dealkylation sites (tertiary alicyclic amines) is 1. The van der Waals surface area contributed by atoms with Gasteiger partial charge in [-0.1, -0.05) is 48.0 Å². The number of nitrogens with two attached hydrogens (primary N) is 1. The Kier molecular flexibility index (Phi) is 8.42. The highest BCUT2D eigenvalue weighted by Gasteiger charge is 2.32. The van der Waals surface area contributed by atoms with E-state index in [2.05, 4.69) is 4.99 Å². The minimum Gasteiger partial charge on any atom is -0.497 e. The van der Waals surface area contributed by atoms with Crippen LogP contribution < -0.4 is 10.5 Å². The van der Waals surface area contributed by atoms with Gasteiger partial charge >= 0.3 is 6.18 Å². The number of allylic oxidation sites excluding steroid dienone is 2. The van der Waals surface area contributed by atoms with Crippen LogP contribution in [0.4, 0.5) is 18.9 Å². The molecule has 5 nitrogen and oxygen atoms in total. The van der Waals surface area contributed by atoms with Gasteiger partial charge < -0.3 is 15.4 Å². The normalized spacial score (nSPS) is 16.6. The van der Waals surface area contributed by atoms with Crippen molar-refractivity contribution in [3.05, 3.63) is 106 Å². The summed E-state index contributed by atoms with van der Waals surface area (Å²) in [5, 5.41) is 0.285. The van der Waals surface area contributed by atoms with Crippen molar-refractivity contribution in [3.8, 4) is 5.75 Å². The van der Waals surface area contributed by atoms with Gasteiger partial charge in [0, 0.05) is 23.7 Å². The van der Waals surface area contributed by atoms with Crippen LogP contribution in [0.15, 0.2) is 89.6 Å². The third-order valence-corrected chi connectivity index (χ3v) is 6.73. The summed E-state index contributed by atoms with van der Waals surface area (Å²) in [7, 11) is 1.62. The first-order valence-electron chi connectivity index (χ1n) is 12.1. The monoisotopic (exact) mass is 541 g/mol. The molecule has 198 valence electrons. The van der Waals surface area contributed by atoms with Gasteiger partial charge in [-0.2, -0.15) is 13.2 Å². The van der Waals surface area contributed by atoms with Gasteiger partial charge in [0.05, 0.1) is 23.5 Å². The average molecular weight is 542 g/mol. The summed E-state index contributed by atoms with van der Waals surface area (Å²) in [6.45, 7) is 0.644. The summed E-state index contributed by atoms with van der Waals surface area (Å²) in [6, 6.07) is 20.7. The second-order valence-electron chi connectivity index (χ2n) is 8.97. The van der Waals surface area contributed by atoms with E-state index in [-0.39, 0.29) is 22.7 Å². The Morgan fingerprint density at radius 1 is 1.08 bits per heavy atom. The number of hydrogen-bond donors (Lipinski definition) is 1. The standard InChI is InChI=1S/C29H27ClF3N3O2/c1-38-23-14-8-19(9-15-23)17-22-5-4-16-36(22)28(37)21-12-10-20(11-13-21)26(18-27(34)29(31,32)33)35-25-7-3-2-6-24(25)30/h2-3,6-15,18,22H,4-5,16-17,34H2,1H3/b27-18-,35-26?. The zero-order valence-corrected chi connectivity index (χ0v) is 21.5. The number of ether oxygens (including phenoxy) is 1. The van der Waals surface area contributed by atoms with Crippen molar-refractivity contribution in [1.29, 1.82) is 0 Å². The van der Waals surface area contributed by atoms with Crippen LogP contribution in [0.5, 0.6) is 5.75 Å². The summed E-state index contributed by atoms with van der Waals surface area (Å²) in [6.07, 6.45) is -1.42. The van der Waals surface area contributed by atoms with Gasteiger partial charge in [-0.3, -0.25) is 4.79 Å². The second-order valence-corrected chi connectivity index (χ2v) is 9.38. The van der Waals surface area contributed by atoms with Crippen molar-refractivity contribution >= 4 is 28.9 Å². The van der Waals surface area contributed by atoms with Crippen molar-refractivity contribution in [3.63, 3.8) is 0 Å². The molecule has 1 atom stereocenters. The van der Waals surface area contributed by atoms with E-state index >= 15 is 0 Å². The van der Waals surface area contributed by atoms with Crippen molar-refractivity contribution in [2.24, 2.45) is 10.7 Å². The zero-order valence-electron chi connectivity index (χ0n) is 20.7. The van der Waals surface area contributed by atoms with Crippen LogP contribution in [-0.4, -0.2) is 42.4 Å². The molecule has 0 saturated carbocycles. The predicted molar refractivity (Wildman–Crippen MR) is 143 cm³/mol. The third-order valence-electron chi connectivity index (χ3n) is 6.41. The fourth-order valence-electron chi connectivity index (χ4n) is 4.38. The Labute approximate surface area is 224 Å². The van der Waals surface area contributed by atoms with Gasteiger partial charge in [-0.25, -0.2) is 4.99 Å². The smallest absolute Gasteiger partial charge is 0.430 e. The minimum atomic E-state index is -4.72. The van der Waals surface area contributed by atoms with Gasteiger partial charge in [0.2, 0.25) is 0 Å². The number of para-hydroxylation sites is 1. The van der Waals surface area contributed by atoms with Crippen LogP contribution in [-0.2, 0) is 6.42 Å². The Morgan fingerprint density at radius 2 is 1.74 bits per heavy atom. The number of hydrogen-bond acceptors (Lipinski definition) is 4. The maximum atomic E-state index is 13.4. The SMILES string of the molecule is COc1ccc(CC2CCCN2C(=O)c2ccc(C(/C=C(\N)C(F)(F)F)=Nc3ccccc3Cl)cc2)cc1. The maximum absolute atomic E-state index is 13.4. The van der Waals surface area contributed by atoms with Gasteiger partial charge in [0.25, 0.3) is 5.91 Å². The predicted octanol–water partition coefficient (Wildman–Crippen LogP) is 6.72. The largest absolute Gasteiger partial charge is 0.497 e. The van der Waals surface area contributed by atoms with E-state index in [1.54, 1.807) is 55.6 Å². The molecule has 0 bridgehead atoms. The van der Waals surface area contributed by atoms with Crippen LogP contribution >= 0.6 is 11.6 Å². The molecular formula is C29H27ClF3N3O2. The number of carbonyl (C=O) groups excluding carboxylic acids is 1. The molecule has 9 heteroatoms. The third kappa shape index (κ3) is 6.55. The summed E-state index contributed by atoms with van der Waals surface area (Å²) < 4.78 is 44.8. The van der Waals surface area contributed by atoms with Crippen LogP contribution in [0.1, 0.15) is 34.3 Å². The summed E-state index contributed by atoms with van der Waals surface area (Å²) in [5.74, 6) is 0.653. The highest BCUT2D eigenvalue weighted by atomic mass is 35.5. The lowest BCUT2D eigenvalue weighted by molar-refractivity contribution is -0.0925. The molecule has 2 N–H and O–H groups in total. The van der Waals surface area contributed by atoms with Crippen LogP contribution in [0.3, 0.4) is 0 Å². The van der Waals surface area contributed by atoms with Crippen LogP contribution in [0, 0.1) is 0 Å². The highest BCUT2D eigenvalue weighted by molar-refractivity contribution is 6.33. The van der Waals surface area contributed by atoms with Gasteiger partial charge in [-0.15, -0.1) is 0 Å². The first-order valence-corrected chi connectivity index (χ1v) is 12.5. The van der Waals surface area contributed by atoms with E-state index in [0.717, 1.165) is 36.7 Å². The molecule has 1 saturated heterocycles. The number of rotatable bonds is 7. The molecule has 1 aliphatic rings. The van der Waals surface area contributed by atoms with Crippen molar-refractivity contribution < 1.29 is 22.7 Å². The summed E-state index contributed by atoms with van der Waals surface area (Å²) in [5.41, 5.74) is 6.20. The second kappa shape index (κ2) is 11.7. The molecule has 0 aliphatic carbocycles. The molecule has 1 heterocycles. The van der Waals surface area contributed by atoms with Gasteiger partial charge in [-0.05, 0) is 67.3 Å². The Balaban J connectivity index is 1.57. The highest BCUT2D eigenvalue weighted by Crippen LogP contribution is 2.28. The lowest BCUT2D eigenvalue weighted by Gasteiger charge is -2.25. The van der Waals surface area contributed by atoms with Crippen LogP contribution in [0.25, 0.3) is 0 Å². The fourth-order valence-corrected chi connectivity index (χ4v) is 4.56. The molecule has 1 unspecified atom stereocenters. The number of benzene rings is 3. The molecule has 3 aromatic carbocycles. The van der Waals surface area contributed by atoms with E-state index in [1.807, 2.05) is 29.2 Å². The number of methoxy groups -OCH3 is 1. The summed E-state index contributed by atoms with van der Waals surface area (Å²) in [4.78, 5) is 19.5. The zero-order chi connectivity index (χ0) is 27.3. The number of aliphatic imine (C=N–C) groups is 1. The van der Waals surface area contributed by atoms with Gasteiger partial charge in [0.1, 0.15) is 11.4 Å². The van der Waals surface area contributed by atoms with E-state index in [1.165, 1.54) is 0 Å². The lowest BCUT2D eigenvalue weighted by Crippen LogP contribution is -2.36. The number of halogens is 4. The number of amides is 1. The molecular weight excluding hydrogens is 515 g/mol. The van der Waals surface area contributed by atoms with Gasteiger partial charge in [0.15, 0.2) is 0 Å². The Bertz CT molecular complexity index is 1340. The topological polar surface area (TPSA) is 67.9 Å². The van der Waals surface area contributed by atoms with Crippen molar-refractivity contribution in [2.75, 3.05) is 13.7 Å². The van der Waals surface area contributed by atoms with Crippen molar-refractivity contribution in [1.82, 2.24) is 4.90 Å². The molecule has 3 aromatic rings. The van der Waals surface area contributed by atoms with E-state index in [9.17, 15) is 18.0 Å². The molecule has 4 rings (SSSR count). The first-order chi connectivity index (χ1) is 18.2. The molecule has 1 aliphatic heterocycles. The van der Waals surface area contributed by atoms with E-state index in [4.69, 9.17) is 22.1 Å². The molecule has 38 heavy (non-hydrogen) atoms. The van der Waals surface area contributed by atoms with Crippen molar-refractivity contribution in [2.45, 2.75) is 31.5 Å². The molecule has 1 amide bonds. The molecule has 1 fully saturated rings.